The Kier molecular flexibility index (Phi) is 5.31. The third kappa shape index (κ3) is 3.91. The van der Waals surface area contributed by atoms with Crippen molar-refractivity contribution in [3.8, 4) is 11.5 Å². The Morgan fingerprint density at radius 3 is 2.46 bits per heavy atom. The van der Waals surface area contributed by atoms with Gasteiger partial charge < -0.3 is 14.8 Å². The maximum Gasteiger partial charge on any atom is 0.223 e. The first-order chi connectivity index (χ1) is 12.6. The quantitative estimate of drug-likeness (QED) is 0.722. The highest BCUT2D eigenvalue weighted by molar-refractivity contribution is 5.48. The number of anilines is 1. The summed E-state index contributed by atoms with van der Waals surface area (Å²) >= 11 is 0. The average molecular weight is 353 g/mol. The van der Waals surface area contributed by atoms with Crippen LogP contribution < -0.4 is 14.8 Å². The number of halogens is 1. The molecule has 2 aromatic carbocycles. The smallest absolute Gasteiger partial charge is 0.223 e. The standard InChI is InChI=1S/C20H20FN3O2/c1-13-11-22-20(23-12-13)24-19(14-5-4-6-16(9-14)25-2)17-10-15(21)7-8-18(17)26-3/h4-12,19H,1-3H3,(H,22,23,24). The molecule has 6 heteroatoms. The van der Waals surface area contributed by atoms with Crippen LogP contribution in [0.2, 0.25) is 0 Å². The van der Waals surface area contributed by atoms with Gasteiger partial charge in [-0.3, -0.25) is 0 Å². The molecule has 0 aliphatic rings. The highest BCUT2D eigenvalue weighted by atomic mass is 19.1. The second kappa shape index (κ2) is 7.82. The van der Waals surface area contributed by atoms with E-state index in [1.807, 2.05) is 31.2 Å². The van der Waals surface area contributed by atoms with Crippen molar-refractivity contribution in [2.45, 2.75) is 13.0 Å². The molecule has 0 radical (unpaired) electrons. The van der Waals surface area contributed by atoms with Gasteiger partial charge in [-0.1, -0.05) is 12.1 Å². The highest BCUT2D eigenvalue weighted by Crippen LogP contribution is 2.34. The number of rotatable bonds is 6. The minimum atomic E-state index is -0.418. The molecule has 0 bridgehead atoms. The van der Waals surface area contributed by atoms with Gasteiger partial charge in [0, 0.05) is 18.0 Å². The first-order valence-electron chi connectivity index (χ1n) is 8.13. The lowest BCUT2D eigenvalue weighted by Gasteiger charge is -2.22. The van der Waals surface area contributed by atoms with Crippen LogP contribution in [-0.4, -0.2) is 24.2 Å². The zero-order valence-electron chi connectivity index (χ0n) is 14.9. The maximum absolute atomic E-state index is 14.0. The Balaban J connectivity index is 2.09. The molecule has 1 N–H and O–H groups in total. The van der Waals surface area contributed by atoms with Crippen LogP contribution in [0.5, 0.6) is 11.5 Å². The van der Waals surface area contributed by atoms with Crippen molar-refractivity contribution < 1.29 is 13.9 Å². The van der Waals surface area contributed by atoms with Gasteiger partial charge >= 0.3 is 0 Å². The summed E-state index contributed by atoms with van der Waals surface area (Å²) in [4.78, 5) is 8.60. The fourth-order valence-electron chi connectivity index (χ4n) is 2.69. The van der Waals surface area contributed by atoms with Crippen molar-refractivity contribution in [3.63, 3.8) is 0 Å². The van der Waals surface area contributed by atoms with E-state index in [0.717, 1.165) is 11.1 Å². The van der Waals surface area contributed by atoms with Gasteiger partial charge in [-0.15, -0.1) is 0 Å². The van der Waals surface area contributed by atoms with Crippen molar-refractivity contribution in [2.24, 2.45) is 0 Å². The minimum Gasteiger partial charge on any atom is -0.497 e. The average Bonchev–Trinajstić information content (AvgIpc) is 2.67. The number of aromatic nitrogens is 2. The Labute approximate surface area is 151 Å². The van der Waals surface area contributed by atoms with E-state index in [4.69, 9.17) is 9.47 Å². The molecular weight excluding hydrogens is 333 g/mol. The Morgan fingerprint density at radius 1 is 1.00 bits per heavy atom. The van der Waals surface area contributed by atoms with Crippen LogP contribution in [0.15, 0.2) is 54.9 Å². The molecule has 0 saturated carbocycles. The molecular formula is C20H20FN3O2. The normalized spacial score (nSPS) is 11.7. The Bertz CT molecular complexity index is 884. The van der Waals surface area contributed by atoms with E-state index in [-0.39, 0.29) is 5.82 Å². The molecule has 1 aromatic heterocycles. The molecule has 1 heterocycles. The predicted molar refractivity (Wildman–Crippen MR) is 98.2 cm³/mol. The Hall–Kier alpha value is -3.15. The number of methoxy groups -OCH3 is 2. The SMILES string of the molecule is COc1cccc(C(Nc2ncc(C)cn2)c2cc(F)ccc2OC)c1. The monoisotopic (exact) mass is 353 g/mol. The lowest BCUT2D eigenvalue weighted by molar-refractivity contribution is 0.406. The van der Waals surface area contributed by atoms with E-state index < -0.39 is 6.04 Å². The van der Waals surface area contributed by atoms with Crippen LogP contribution in [0.25, 0.3) is 0 Å². The van der Waals surface area contributed by atoms with Crippen molar-refractivity contribution >= 4 is 5.95 Å². The molecule has 1 atom stereocenters. The molecule has 0 amide bonds. The van der Waals surface area contributed by atoms with E-state index in [1.165, 1.54) is 12.1 Å². The third-order valence-corrected chi connectivity index (χ3v) is 3.98. The second-order valence-electron chi connectivity index (χ2n) is 5.82. The molecule has 0 saturated heterocycles. The summed E-state index contributed by atoms with van der Waals surface area (Å²) < 4.78 is 24.7. The van der Waals surface area contributed by atoms with Gasteiger partial charge in [0.25, 0.3) is 0 Å². The van der Waals surface area contributed by atoms with Crippen molar-refractivity contribution in [1.82, 2.24) is 9.97 Å². The van der Waals surface area contributed by atoms with Gasteiger partial charge in [-0.25, -0.2) is 14.4 Å². The predicted octanol–water partition coefficient (Wildman–Crippen LogP) is 4.14. The molecule has 3 rings (SSSR count). The van der Waals surface area contributed by atoms with E-state index in [9.17, 15) is 4.39 Å². The van der Waals surface area contributed by atoms with Crippen LogP contribution in [0.4, 0.5) is 10.3 Å². The van der Waals surface area contributed by atoms with Crippen LogP contribution in [-0.2, 0) is 0 Å². The fraction of sp³-hybridized carbons (Fsp3) is 0.200. The molecule has 134 valence electrons. The number of nitrogens with zero attached hydrogens (tertiary/aromatic N) is 2. The molecule has 0 aliphatic carbocycles. The van der Waals surface area contributed by atoms with Crippen LogP contribution >= 0.6 is 0 Å². The van der Waals surface area contributed by atoms with Gasteiger partial charge in [-0.2, -0.15) is 0 Å². The van der Waals surface area contributed by atoms with Crippen LogP contribution in [0.3, 0.4) is 0 Å². The Morgan fingerprint density at radius 2 is 1.77 bits per heavy atom. The van der Waals surface area contributed by atoms with E-state index in [1.54, 1.807) is 32.7 Å². The second-order valence-corrected chi connectivity index (χ2v) is 5.82. The molecule has 0 fully saturated rings. The van der Waals surface area contributed by atoms with Crippen molar-refractivity contribution in [1.29, 1.82) is 0 Å². The lowest BCUT2D eigenvalue weighted by atomic mass is 9.97. The maximum atomic E-state index is 14.0. The first kappa shape index (κ1) is 17.7. The van der Waals surface area contributed by atoms with Crippen molar-refractivity contribution in [2.75, 3.05) is 19.5 Å². The van der Waals surface area contributed by atoms with E-state index in [2.05, 4.69) is 15.3 Å². The topological polar surface area (TPSA) is 56.3 Å². The van der Waals surface area contributed by atoms with E-state index in [0.29, 0.717) is 23.0 Å². The summed E-state index contributed by atoms with van der Waals surface area (Å²) in [6, 6.07) is 11.6. The summed E-state index contributed by atoms with van der Waals surface area (Å²) in [5.74, 6) is 1.36. The lowest BCUT2D eigenvalue weighted by Crippen LogP contribution is -2.15. The summed E-state index contributed by atoms with van der Waals surface area (Å²) in [5.41, 5.74) is 2.47. The van der Waals surface area contributed by atoms with Gasteiger partial charge in [0.05, 0.1) is 20.3 Å². The van der Waals surface area contributed by atoms with Crippen LogP contribution in [0.1, 0.15) is 22.7 Å². The summed E-state index contributed by atoms with van der Waals surface area (Å²) in [6.45, 7) is 1.92. The fourth-order valence-corrected chi connectivity index (χ4v) is 2.69. The minimum absolute atomic E-state index is 0.347. The number of nitrogens with one attached hydrogen (secondary N) is 1. The highest BCUT2D eigenvalue weighted by Gasteiger charge is 2.21. The number of benzene rings is 2. The summed E-state index contributed by atoms with van der Waals surface area (Å²) in [7, 11) is 3.16. The number of aryl methyl sites for hydroxylation is 1. The molecule has 26 heavy (non-hydrogen) atoms. The number of hydrogen-bond acceptors (Lipinski definition) is 5. The van der Waals surface area contributed by atoms with Gasteiger partial charge in [-0.05, 0) is 48.4 Å². The molecule has 3 aromatic rings. The summed E-state index contributed by atoms with van der Waals surface area (Å²) in [5, 5.41) is 3.27. The van der Waals surface area contributed by atoms with Gasteiger partial charge in [0.2, 0.25) is 5.95 Å². The number of ether oxygens (including phenoxy) is 2. The third-order valence-electron chi connectivity index (χ3n) is 3.98. The number of hydrogen-bond donors (Lipinski definition) is 1. The van der Waals surface area contributed by atoms with Crippen LogP contribution in [0, 0.1) is 12.7 Å². The molecule has 5 nitrogen and oxygen atoms in total. The van der Waals surface area contributed by atoms with Crippen molar-refractivity contribution in [3.05, 3.63) is 77.4 Å². The zero-order valence-corrected chi connectivity index (χ0v) is 14.9. The first-order valence-corrected chi connectivity index (χ1v) is 8.13. The summed E-state index contributed by atoms with van der Waals surface area (Å²) in [6.07, 6.45) is 3.45. The van der Waals surface area contributed by atoms with Gasteiger partial charge in [0.15, 0.2) is 0 Å². The molecule has 1 unspecified atom stereocenters. The zero-order chi connectivity index (χ0) is 18.5. The van der Waals surface area contributed by atoms with Gasteiger partial charge in [0.1, 0.15) is 17.3 Å². The van der Waals surface area contributed by atoms with E-state index >= 15 is 0 Å². The largest absolute Gasteiger partial charge is 0.497 e. The molecule has 0 aliphatic heterocycles. The molecule has 0 spiro atoms.